The lowest BCUT2D eigenvalue weighted by atomic mass is 10.0. The molecule has 1 aromatic rings. The van der Waals surface area contributed by atoms with E-state index in [2.05, 4.69) is 38.8 Å². The van der Waals surface area contributed by atoms with E-state index in [9.17, 15) is 5.11 Å². The molecule has 3 saturated heterocycles. The molecule has 1 atom stereocenters. The predicted octanol–water partition coefficient (Wildman–Crippen LogP) is 0.590. The van der Waals surface area contributed by atoms with Crippen molar-refractivity contribution >= 4 is 0 Å². The maximum absolute atomic E-state index is 11.2. The van der Waals surface area contributed by atoms with Gasteiger partial charge in [0.1, 0.15) is 6.61 Å². The molecule has 3 aliphatic rings. The third kappa shape index (κ3) is 6.56. The van der Waals surface area contributed by atoms with Gasteiger partial charge in [0.2, 0.25) is 0 Å². The van der Waals surface area contributed by atoms with Crippen molar-refractivity contribution in [1.82, 2.24) is 19.6 Å². The molecule has 3 heterocycles. The third-order valence-corrected chi connectivity index (χ3v) is 6.93. The number of rotatable bonds is 9. The Morgan fingerprint density at radius 3 is 2.50 bits per heavy atom. The van der Waals surface area contributed by atoms with Crippen molar-refractivity contribution in [3.05, 3.63) is 23.8 Å². The van der Waals surface area contributed by atoms with Crippen LogP contribution in [0, 0.1) is 0 Å². The molecule has 3 aliphatic heterocycles. The van der Waals surface area contributed by atoms with E-state index < -0.39 is 5.60 Å². The molecule has 0 saturated carbocycles. The van der Waals surface area contributed by atoms with Gasteiger partial charge in [0.25, 0.3) is 0 Å². The number of hydrogen-bond donors (Lipinski definition) is 1. The average Bonchev–Trinajstić information content (AvgIpc) is 3.17. The normalized spacial score (nSPS) is 26.5. The Hall–Kier alpha value is -1.42. The van der Waals surface area contributed by atoms with Crippen LogP contribution in [0.5, 0.6) is 11.5 Å². The first-order valence-corrected chi connectivity index (χ1v) is 12.0. The highest BCUT2D eigenvalue weighted by Gasteiger charge is 2.37. The summed E-state index contributed by atoms with van der Waals surface area (Å²) < 4.78 is 17.0. The maximum Gasteiger partial charge on any atom is 0.161 e. The fourth-order valence-corrected chi connectivity index (χ4v) is 4.92. The molecule has 180 valence electrons. The minimum absolute atomic E-state index is 0.609. The summed E-state index contributed by atoms with van der Waals surface area (Å²) in [5.74, 6) is 1.56. The molecule has 4 rings (SSSR count). The first-order chi connectivity index (χ1) is 15.5. The van der Waals surface area contributed by atoms with Crippen molar-refractivity contribution in [2.75, 3.05) is 99.4 Å². The molecule has 0 amide bonds. The second-order valence-electron chi connectivity index (χ2n) is 9.55. The molecule has 0 aliphatic carbocycles. The molecule has 0 radical (unpaired) electrons. The van der Waals surface area contributed by atoms with Crippen LogP contribution in [0.15, 0.2) is 18.2 Å². The fourth-order valence-electron chi connectivity index (χ4n) is 4.92. The number of piperazine rings is 1. The molecule has 3 fully saturated rings. The van der Waals surface area contributed by atoms with Crippen LogP contribution in [0.3, 0.4) is 0 Å². The second kappa shape index (κ2) is 11.1. The van der Waals surface area contributed by atoms with E-state index in [1.54, 1.807) is 7.11 Å². The Morgan fingerprint density at radius 1 is 0.969 bits per heavy atom. The summed E-state index contributed by atoms with van der Waals surface area (Å²) in [6, 6.07) is 6.20. The van der Waals surface area contributed by atoms with Crippen molar-refractivity contribution in [3.8, 4) is 11.5 Å². The number of hydrogen-bond acceptors (Lipinski definition) is 8. The van der Waals surface area contributed by atoms with Gasteiger partial charge in [-0.25, -0.2) is 0 Å². The largest absolute Gasteiger partial charge is 0.493 e. The summed E-state index contributed by atoms with van der Waals surface area (Å²) in [4.78, 5) is 9.48. The minimum Gasteiger partial charge on any atom is -0.493 e. The number of aliphatic hydroxyl groups is 1. The molecule has 0 bridgehead atoms. The quantitative estimate of drug-likeness (QED) is 0.589. The summed E-state index contributed by atoms with van der Waals surface area (Å²) in [5, 5.41) is 11.2. The average molecular weight is 449 g/mol. The summed E-state index contributed by atoms with van der Waals surface area (Å²) in [7, 11) is 3.86. The molecule has 1 aromatic carbocycles. The molecule has 0 aromatic heterocycles. The lowest BCUT2D eigenvalue weighted by Gasteiger charge is -2.37. The van der Waals surface area contributed by atoms with E-state index in [-0.39, 0.29) is 0 Å². The number of ether oxygens (including phenoxy) is 3. The highest BCUT2D eigenvalue weighted by Crippen LogP contribution is 2.30. The van der Waals surface area contributed by atoms with Gasteiger partial charge in [-0.2, -0.15) is 0 Å². The Kier molecular flexibility index (Phi) is 8.26. The molecular formula is C24H40N4O4. The highest BCUT2D eigenvalue weighted by molar-refractivity contribution is 5.43. The van der Waals surface area contributed by atoms with E-state index in [0.29, 0.717) is 6.61 Å². The number of benzene rings is 1. The van der Waals surface area contributed by atoms with Crippen LogP contribution in [-0.4, -0.2) is 130 Å². The molecule has 0 spiro atoms. The van der Waals surface area contributed by atoms with Crippen LogP contribution in [0.25, 0.3) is 0 Å². The fraction of sp³-hybridized carbons (Fsp3) is 0.750. The lowest BCUT2D eigenvalue weighted by Crippen LogP contribution is -2.51. The van der Waals surface area contributed by atoms with Crippen molar-refractivity contribution in [2.24, 2.45) is 0 Å². The number of morpholine rings is 1. The SMILES string of the molecule is COc1cc(CN2CC[C@@](O)(CN3CCN(C)CC3)C2)ccc1OCCN1CCOCC1. The van der Waals surface area contributed by atoms with Gasteiger partial charge in [-0.15, -0.1) is 0 Å². The smallest absolute Gasteiger partial charge is 0.161 e. The van der Waals surface area contributed by atoms with Gasteiger partial charge >= 0.3 is 0 Å². The predicted molar refractivity (Wildman–Crippen MR) is 125 cm³/mol. The van der Waals surface area contributed by atoms with Crippen molar-refractivity contribution in [1.29, 1.82) is 0 Å². The molecule has 8 nitrogen and oxygen atoms in total. The summed E-state index contributed by atoms with van der Waals surface area (Å²) in [6.45, 7) is 12.6. The Labute approximate surface area is 192 Å². The van der Waals surface area contributed by atoms with E-state index in [1.807, 2.05) is 6.07 Å². The van der Waals surface area contributed by atoms with Crippen LogP contribution in [0.4, 0.5) is 0 Å². The van der Waals surface area contributed by atoms with Gasteiger partial charge in [0, 0.05) is 72.0 Å². The van der Waals surface area contributed by atoms with Gasteiger partial charge in [-0.1, -0.05) is 6.07 Å². The monoisotopic (exact) mass is 448 g/mol. The Morgan fingerprint density at radius 2 is 1.75 bits per heavy atom. The first kappa shape index (κ1) is 23.7. The van der Waals surface area contributed by atoms with Gasteiger partial charge in [-0.05, 0) is 31.2 Å². The van der Waals surface area contributed by atoms with E-state index in [4.69, 9.17) is 14.2 Å². The molecular weight excluding hydrogens is 408 g/mol. The topological polar surface area (TPSA) is 60.9 Å². The highest BCUT2D eigenvalue weighted by atomic mass is 16.5. The standard InChI is InChI=1S/C24H40N4O4/c1-25-7-9-27(10-8-25)19-24(29)5-6-28(20-24)18-21-3-4-22(23(17-21)30-2)32-16-13-26-11-14-31-15-12-26/h3-4,17,29H,5-16,18-20H2,1-2H3/t24-/m1/s1. The van der Waals surface area contributed by atoms with E-state index >= 15 is 0 Å². The van der Waals surface area contributed by atoms with Crippen molar-refractivity contribution in [3.63, 3.8) is 0 Å². The Bertz CT molecular complexity index is 722. The van der Waals surface area contributed by atoms with E-state index in [0.717, 1.165) is 103 Å². The number of likely N-dealkylation sites (tertiary alicyclic amines) is 1. The zero-order valence-electron chi connectivity index (χ0n) is 19.8. The first-order valence-electron chi connectivity index (χ1n) is 12.0. The van der Waals surface area contributed by atoms with Crippen LogP contribution in [-0.2, 0) is 11.3 Å². The molecule has 0 unspecified atom stereocenters. The summed E-state index contributed by atoms with van der Waals surface area (Å²) in [5.41, 5.74) is 0.578. The number of β-amino-alcohol motifs (C(OH)–C–C–N with tert-alkyl or cyclic N) is 1. The van der Waals surface area contributed by atoms with Gasteiger partial charge in [-0.3, -0.25) is 14.7 Å². The number of likely N-dealkylation sites (N-methyl/N-ethyl adjacent to an activating group) is 1. The maximum atomic E-state index is 11.2. The number of methoxy groups -OCH3 is 1. The van der Waals surface area contributed by atoms with Crippen LogP contribution in [0.2, 0.25) is 0 Å². The zero-order chi connectivity index (χ0) is 22.4. The molecule has 1 N–H and O–H groups in total. The second-order valence-corrected chi connectivity index (χ2v) is 9.55. The lowest BCUT2D eigenvalue weighted by molar-refractivity contribution is -0.000373. The van der Waals surface area contributed by atoms with Gasteiger partial charge in [0.05, 0.1) is 25.9 Å². The van der Waals surface area contributed by atoms with E-state index in [1.165, 1.54) is 5.56 Å². The van der Waals surface area contributed by atoms with Crippen LogP contribution >= 0.6 is 0 Å². The van der Waals surface area contributed by atoms with Crippen molar-refractivity contribution in [2.45, 2.75) is 18.6 Å². The van der Waals surface area contributed by atoms with Crippen LogP contribution < -0.4 is 9.47 Å². The minimum atomic E-state index is -0.609. The molecule has 32 heavy (non-hydrogen) atoms. The molecule has 8 heteroatoms. The van der Waals surface area contributed by atoms with Gasteiger partial charge < -0.3 is 24.2 Å². The summed E-state index contributed by atoms with van der Waals surface area (Å²) >= 11 is 0. The summed E-state index contributed by atoms with van der Waals surface area (Å²) in [6.07, 6.45) is 0.833. The van der Waals surface area contributed by atoms with Crippen molar-refractivity contribution < 1.29 is 19.3 Å². The number of nitrogens with zero attached hydrogens (tertiary/aromatic N) is 4. The zero-order valence-corrected chi connectivity index (χ0v) is 19.8. The van der Waals surface area contributed by atoms with Gasteiger partial charge in [0.15, 0.2) is 11.5 Å². The third-order valence-electron chi connectivity index (χ3n) is 6.93. The Balaban J connectivity index is 1.25. The van der Waals surface area contributed by atoms with Crippen LogP contribution in [0.1, 0.15) is 12.0 Å².